The van der Waals surface area contributed by atoms with Gasteiger partial charge in [0.25, 0.3) is 11.4 Å². The average Bonchev–Trinajstić information content (AvgIpc) is 2.99. The molecule has 0 atom stereocenters. The van der Waals surface area contributed by atoms with Crippen LogP contribution in [0.15, 0.2) is 54.6 Å². The highest BCUT2D eigenvalue weighted by Crippen LogP contribution is 2.37. The number of halogens is 6. The van der Waals surface area contributed by atoms with Gasteiger partial charge < -0.3 is 14.8 Å². The van der Waals surface area contributed by atoms with E-state index >= 15 is 0 Å². The predicted octanol–water partition coefficient (Wildman–Crippen LogP) is 5.90. The minimum atomic E-state index is -5.03. The third kappa shape index (κ3) is 9.55. The number of methoxy groups -OCH3 is 2. The summed E-state index contributed by atoms with van der Waals surface area (Å²) in [4.78, 5) is 53.3. The van der Waals surface area contributed by atoms with Crippen molar-refractivity contribution >= 4 is 29.6 Å². The van der Waals surface area contributed by atoms with Gasteiger partial charge in [0.05, 0.1) is 51.9 Å². The van der Waals surface area contributed by atoms with Crippen LogP contribution < -0.4 is 5.32 Å². The average molecular weight is 645 g/mol. The molecule has 0 spiro atoms. The number of nitrogens with one attached hydrogen (secondary N) is 1. The van der Waals surface area contributed by atoms with Gasteiger partial charge in [-0.2, -0.15) is 26.3 Å². The van der Waals surface area contributed by atoms with Crippen molar-refractivity contribution in [2.45, 2.75) is 25.4 Å². The van der Waals surface area contributed by atoms with Crippen molar-refractivity contribution in [3.05, 3.63) is 114 Å². The van der Waals surface area contributed by atoms with Crippen LogP contribution in [-0.4, -0.2) is 42.3 Å². The number of alkyl halides is 6. The Labute approximate surface area is 248 Å². The Bertz CT molecular complexity index is 1610. The molecule has 0 bridgehead atoms. The second kappa shape index (κ2) is 14.9. The molecule has 0 aliphatic heterocycles. The third-order valence-corrected chi connectivity index (χ3v) is 5.84. The van der Waals surface area contributed by atoms with Crippen LogP contribution >= 0.6 is 0 Å². The van der Waals surface area contributed by atoms with Crippen LogP contribution in [0.4, 0.5) is 37.7 Å². The molecule has 3 aromatic rings. The topological polar surface area (TPSA) is 168 Å². The van der Waals surface area contributed by atoms with E-state index in [4.69, 9.17) is 0 Å². The van der Waals surface area contributed by atoms with Crippen LogP contribution in [0.3, 0.4) is 0 Å². The second-order valence-electron chi connectivity index (χ2n) is 8.70. The first-order chi connectivity index (χ1) is 20.9. The molecule has 0 fully saturated rings. The summed E-state index contributed by atoms with van der Waals surface area (Å²) in [5, 5.41) is 24.1. The number of hydrogen-bond acceptors (Lipinski definition) is 10. The standard InChI is InChI=1S/C18H14F6N2O4.C9H7NO5/c1-30-16(27)10-3-5-15(26(28)29)12(6-10)9-25-8-11-2-4-13(17(19,20)21)7-14(11)18(22,23)24;1-15-9(12)6-2-3-8(10(13)14)7(4-6)5-11/h2-7,25H,8-9H2,1H3;2-5H,1H3. The van der Waals surface area contributed by atoms with E-state index in [1.807, 2.05) is 0 Å². The number of nitrogens with zero attached hydrogens (tertiary/aromatic N) is 2. The summed E-state index contributed by atoms with van der Waals surface area (Å²) in [6, 6.07) is 8.02. The Hall–Kier alpha value is -5.39. The fraction of sp³-hybridized carbons (Fsp3) is 0.222. The fourth-order valence-corrected chi connectivity index (χ4v) is 3.71. The van der Waals surface area contributed by atoms with E-state index in [1.165, 1.54) is 13.2 Å². The summed E-state index contributed by atoms with van der Waals surface area (Å²) in [7, 11) is 2.29. The fourth-order valence-electron chi connectivity index (χ4n) is 3.71. The molecular formula is C27H21F6N3O9. The van der Waals surface area contributed by atoms with Gasteiger partial charge in [0.15, 0.2) is 6.29 Å². The van der Waals surface area contributed by atoms with Crippen molar-refractivity contribution in [1.82, 2.24) is 5.32 Å². The molecule has 0 amide bonds. The number of nitro groups is 2. The van der Waals surface area contributed by atoms with E-state index in [0.717, 1.165) is 37.4 Å². The van der Waals surface area contributed by atoms with Crippen molar-refractivity contribution < 1.29 is 60.0 Å². The quantitative estimate of drug-likeness (QED) is 0.0972. The van der Waals surface area contributed by atoms with Crippen molar-refractivity contribution in [3.63, 3.8) is 0 Å². The van der Waals surface area contributed by atoms with Gasteiger partial charge in [-0.3, -0.25) is 25.0 Å². The number of carbonyl (C=O) groups is 3. The maximum absolute atomic E-state index is 13.2. The van der Waals surface area contributed by atoms with Crippen molar-refractivity contribution in [2.24, 2.45) is 0 Å². The first kappa shape index (κ1) is 35.8. The Balaban J connectivity index is 0.000000394. The smallest absolute Gasteiger partial charge is 0.416 e. The largest absolute Gasteiger partial charge is 0.465 e. The number of hydrogen-bond donors (Lipinski definition) is 1. The molecule has 12 nitrogen and oxygen atoms in total. The van der Waals surface area contributed by atoms with Gasteiger partial charge in [0.2, 0.25) is 0 Å². The maximum Gasteiger partial charge on any atom is 0.416 e. The van der Waals surface area contributed by atoms with E-state index in [1.54, 1.807) is 0 Å². The van der Waals surface area contributed by atoms with Crippen LogP contribution in [0.2, 0.25) is 0 Å². The maximum atomic E-state index is 13.2. The Morgan fingerprint density at radius 2 is 1.27 bits per heavy atom. The zero-order valence-electron chi connectivity index (χ0n) is 23.0. The number of aldehydes is 1. The molecular weight excluding hydrogens is 624 g/mol. The Morgan fingerprint density at radius 3 is 1.73 bits per heavy atom. The van der Waals surface area contributed by atoms with Gasteiger partial charge in [0.1, 0.15) is 0 Å². The number of benzene rings is 3. The molecule has 45 heavy (non-hydrogen) atoms. The number of carbonyl (C=O) groups excluding carboxylic acids is 3. The minimum absolute atomic E-state index is 0.00888. The lowest BCUT2D eigenvalue weighted by molar-refractivity contribution is -0.385. The number of rotatable bonds is 9. The normalized spacial score (nSPS) is 11.1. The van der Waals surface area contributed by atoms with Crippen LogP contribution in [-0.2, 0) is 34.9 Å². The van der Waals surface area contributed by atoms with Crippen LogP contribution in [0.25, 0.3) is 0 Å². The van der Waals surface area contributed by atoms with E-state index in [0.29, 0.717) is 18.4 Å². The first-order valence-corrected chi connectivity index (χ1v) is 12.1. The zero-order chi connectivity index (χ0) is 34.1. The summed E-state index contributed by atoms with van der Waals surface area (Å²) in [5.74, 6) is -1.42. The molecule has 0 saturated carbocycles. The SMILES string of the molecule is COC(=O)c1ccc([N+](=O)[O-])c(C=O)c1.COC(=O)c1ccc([N+](=O)[O-])c(CNCc2ccc(C(F)(F)F)cc2C(F)(F)F)c1. The second-order valence-corrected chi connectivity index (χ2v) is 8.70. The van der Waals surface area contributed by atoms with Gasteiger partial charge in [-0.15, -0.1) is 0 Å². The van der Waals surface area contributed by atoms with E-state index in [9.17, 15) is 61.0 Å². The van der Waals surface area contributed by atoms with E-state index < -0.39 is 63.1 Å². The summed E-state index contributed by atoms with van der Waals surface area (Å²) in [6.07, 6.45) is -9.65. The molecule has 0 unspecified atom stereocenters. The molecule has 0 heterocycles. The predicted molar refractivity (Wildman–Crippen MR) is 141 cm³/mol. The van der Waals surface area contributed by atoms with Gasteiger partial charge in [-0.25, -0.2) is 9.59 Å². The first-order valence-electron chi connectivity index (χ1n) is 12.1. The van der Waals surface area contributed by atoms with Gasteiger partial charge in [-0.05, 0) is 42.0 Å². The van der Waals surface area contributed by atoms with Crippen molar-refractivity contribution in [2.75, 3.05) is 14.2 Å². The third-order valence-electron chi connectivity index (χ3n) is 5.84. The molecule has 0 saturated heterocycles. The monoisotopic (exact) mass is 645 g/mol. The summed E-state index contributed by atoms with van der Waals surface area (Å²) in [5.41, 5.74) is -4.18. The van der Waals surface area contributed by atoms with Crippen molar-refractivity contribution in [3.8, 4) is 0 Å². The number of ether oxygens (including phenoxy) is 2. The zero-order valence-corrected chi connectivity index (χ0v) is 23.0. The molecule has 1 N–H and O–H groups in total. The van der Waals surface area contributed by atoms with E-state index in [-0.39, 0.29) is 40.6 Å². The molecule has 0 aliphatic rings. The lowest BCUT2D eigenvalue weighted by Gasteiger charge is -2.16. The highest BCUT2D eigenvalue weighted by Gasteiger charge is 2.38. The summed E-state index contributed by atoms with van der Waals surface area (Å²) in [6.45, 7) is -0.841. The van der Waals surface area contributed by atoms with Gasteiger partial charge >= 0.3 is 24.3 Å². The molecule has 240 valence electrons. The van der Waals surface area contributed by atoms with Gasteiger partial charge in [0, 0.05) is 30.8 Å². The molecule has 3 rings (SSSR count). The lowest BCUT2D eigenvalue weighted by atomic mass is 10.0. The molecule has 0 aromatic heterocycles. The number of esters is 2. The number of nitro benzene ring substituents is 2. The van der Waals surface area contributed by atoms with Crippen molar-refractivity contribution in [1.29, 1.82) is 0 Å². The van der Waals surface area contributed by atoms with Crippen LogP contribution in [0.5, 0.6) is 0 Å². The van der Waals surface area contributed by atoms with Crippen LogP contribution in [0.1, 0.15) is 53.3 Å². The highest BCUT2D eigenvalue weighted by molar-refractivity contribution is 5.93. The minimum Gasteiger partial charge on any atom is -0.465 e. The summed E-state index contributed by atoms with van der Waals surface area (Å²) < 4.78 is 86.7. The summed E-state index contributed by atoms with van der Waals surface area (Å²) >= 11 is 0. The molecule has 18 heteroatoms. The lowest BCUT2D eigenvalue weighted by Crippen LogP contribution is -2.19. The molecule has 3 aromatic carbocycles. The molecule has 0 radical (unpaired) electrons. The van der Waals surface area contributed by atoms with E-state index in [2.05, 4.69) is 14.8 Å². The Morgan fingerprint density at radius 1 is 0.756 bits per heavy atom. The highest BCUT2D eigenvalue weighted by atomic mass is 19.4. The molecule has 0 aliphatic carbocycles. The van der Waals surface area contributed by atoms with Crippen LogP contribution in [0, 0.1) is 20.2 Å². The van der Waals surface area contributed by atoms with Gasteiger partial charge in [-0.1, -0.05) is 6.07 Å². The Kier molecular flexibility index (Phi) is 11.8.